The molecule has 0 saturated carbocycles. The molecule has 20 heavy (non-hydrogen) atoms. The molecule has 0 amide bonds. The molecule has 3 rings (SSSR count). The fourth-order valence-corrected chi connectivity index (χ4v) is 2.70. The van der Waals surface area contributed by atoms with E-state index in [0.29, 0.717) is 33.5 Å². The first-order valence-corrected chi connectivity index (χ1v) is 6.45. The van der Waals surface area contributed by atoms with E-state index in [1.54, 1.807) is 38.4 Å². The summed E-state index contributed by atoms with van der Waals surface area (Å²) in [5.74, 6) is 0. The van der Waals surface area contributed by atoms with Crippen molar-refractivity contribution in [3.63, 3.8) is 0 Å². The summed E-state index contributed by atoms with van der Waals surface area (Å²) in [5.41, 5.74) is 1.66. The SMILES string of the molecule is Cc1nccc2c1c(=O)n(C)c1cc(Cl)c(C=O)cc21. The van der Waals surface area contributed by atoms with Crippen LogP contribution in [-0.4, -0.2) is 15.8 Å². The lowest BCUT2D eigenvalue weighted by molar-refractivity contribution is 0.112. The number of benzene rings is 1. The van der Waals surface area contributed by atoms with Gasteiger partial charge in [-0.1, -0.05) is 11.6 Å². The van der Waals surface area contributed by atoms with Gasteiger partial charge in [0.05, 0.1) is 21.6 Å². The Kier molecular flexibility index (Phi) is 2.83. The van der Waals surface area contributed by atoms with Crippen molar-refractivity contribution in [1.29, 1.82) is 0 Å². The molecule has 0 fully saturated rings. The minimum Gasteiger partial charge on any atom is -0.311 e. The normalized spacial score (nSPS) is 11.2. The summed E-state index contributed by atoms with van der Waals surface area (Å²) >= 11 is 6.05. The van der Waals surface area contributed by atoms with Crippen molar-refractivity contribution in [3.8, 4) is 0 Å². The average molecular weight is 287 g/mol. The van der Waals surface area contributed by atoms with E-state index < -0.39 is 0 Å². The van der Waals surface area contributed by atoms with Crippen molar-refractivity contribution in [3.05, 3.63) is 51.0 Å². The molecule has 0 N–H and O–H groups in total. The first-order chi connectivity index (χ1) is 9.54. The van der Waals surface area contributed by atoms with Crippen molar-refractivity contribution < 1.29 is 4.79 Å². The number of rotatable bonds is 1. The monoisotopic (exact) mass is 286 g/mol. The van der Waals surface area contributed by atoms with E-state index in [-0.39, 0.29) is 5.56 Å². The third kappa shape index (κ3) is 1.65. The van der Waals surface area contributed by atoms with Gasteiger partial charge in [-0.15, -0.1) is 0 Å². The van der Waals surface area contributed by atoms with Gasteiger partial charge in [0.15, 0.2) is 6.29 Å². The van der Waals surface area contributed by atoms with E-state index in [0.717, 1.165) is 10.8 Å². The Morgan fingerprint density at radius 3 is 2.75 bits per heavy atom. The summed E-state index contributed by atoms with van der Waals surface area (Å²) < 4.78 is 1.53. The van der Waals surface area contributed by atoms with E-state index >= 15 is 0 Å². The lowest BCUT2D eigenvalue weighted by Crippen LogP contribution is -2.18. The van der Waals surface area contributed by atoms with Crippen LogP contribution in [0.2, 0.25) is 5.02 Å². The van der Waals surface area contributed by atoms with Crippen molar-refractivity contribution in [1.82, 2.24) is 9.55 Å². The number of fused-ring (bicyclic) bond motifs is 3. The summed E-state index contributed by atoms with van der Waals surface area (Å²) in [6, 6.07) is 5.15. The number of halogens is 1. The Hall–Kier alpha value is -2.20. The maximum atomic E-state index is 12.4. The van der Waals surface area contributed by atoms with E-state index in [4.69, 9.17) is 11.6 Å². The molecule has 0 atom stereocenters. The Balaban J connectivity index is 2.69. The summed E-state index contributed by atoms with van der Waals surface area (Å²) in [7, 11) is 1.69. The van der Waals surface area contributed by atoms with Crippen LogP contribution in [-0.2, 0) is 7.05 Å². The van der Waals surface area contributed by atoms with Gasteiger partial charge in [-0.25, -0.2) is 0 Å². The highest BCUT2D eigenvalue weighted by molar-refractivity contribution is 6.34. The quantitative estimate of drug-likeness (QED) is 0.510. The van der Waals surface area contributed by atoms with Crippen LogP contribution in [0.3, 0.4) is 0 Å². The van der Waals surface area contributed by atoms with Gasteiger partial charge in [0.1, 0.15) is 0 Å². The summed E-state index contributed by atoms with van der Waals surface area (Å²) in [5, 5.41) is 2.52. The van der Waals surface area contributed by atoms with Crippen molar-refractivity contribution in [2.75, 3.05) is 0 Å². The van der Waals surface area contributed by atoms with Gasteiger partial charge in [0, 0.05) is 24.2 Å². The zero-order valence-corrected chi connectivity index (χ0v) is 11.7. The second-order valence-corrected chi connectivity index (χ2v) is 5.10. The maximum absolute atomic E-state index is 12.4. The number of aryl methyl sites for hydroxylation is 2. The Morgan fingerprint density at radius 2 is 2.05 bits per heavy atom. The zero-order chi connectivity index (χ0) is 14.4. The Morgan fingerprint density at radius 1 is 1.30 bits per heavy atom. The highest BCUT2D eigenvalue weighted by Gasteiger charge is 2.13. The largest absolute Gasteiger partial charge is 0.311 e. The van der Waals surface area contributed by atoms with Crippen LogP contribution < -0.4 is 5.56 Å². The number of hydrogen-bond donors (Lipinski definition) is 0. The predicted octanol–water partition coefficient (Wildman–Crippen LogP) is 2.86. The molecule has 0 radical (unpaired) electrons. The van der Waals surface area contributed by atoms with Crippen LogP contribution in [0.5, 0.6) is 0 Å². The molecular weight excluding hydrogens is 276 g/mol. The van der Waals surface area contributed by atoms with Gasteiger partial charge in [-0.2, -0.15) is 0 Å². The molecule has 1 aromatic carbocycles. The zero-order valence-electron chi connectivity index (χ0n) is 11.0. The number of hydrogen-bond acceptors (Lipinski definition) is 3. The molecule has 2 heterocycles. The van der Waals surface area contributed by atoms with Crippen LogP contribution in [0, 0.1) is 6.92 Å². The highest BCUT2D eigenvalue weighted by Crippen LogP contribution is 2.28. The van der Waals surface area contributed by atoms with Crippen molar-refractivity contribution in [2.24, 2.45) is 7.05 Å². The van der Waals surface area contributed by atoms with Gasteiger partial charge < -0.3 is 4.57 Å². The van der Waals surface area contributed by atoms with E-state index in [2.05, 4.69) is 4.98 Å². The van der Waals surface area contributed by atoms with Gasteiger partial charge in [-0.05, 0) is 30.5 Å². The molecule has 0 saturated heterocycles. The molecule has 0 aliphatic rings. The molecule has 100 valence electrons. The first kappa shape index (κ1) is 12.8. The van der Waals surface area contributed by atoms with E-state index in [9.17, 15) is 9.59 Å². The number of aldehydes is 1. The molecule has 0 aliphatic carbocycles. The van der Waals surface area contributed by atoms with E-state index in [1.807, 2.05) is 0 Å². The van der Waals surface area contributed by atoms with Gasteiger partial charge in [0.2, 0.25) is 0 Å². The lowest BCUT2D eigenvalue weighted by atomic mass is 10.0. The molecule has 4 nitrogen and oxygen atoms in total. The second-order valence-electron chi connectivity index (χ2n) is 4.69. The standard InChI is InChI=1S/C15H11ClN2O2/c1-8-14-10(3-4-17-8)11-5-9(7-19)12(16)6-13(11)18(2)15(14)20/h3-7H,1-2H3. The van der Waals surface area contributed by atoms with Crippen LogP contribution in [0.25, 0.3) is 21.7 Å². The minimum absolute atomic E-state index is 0.118. The molecular formula is C15H11ClN2O2. The number of pyridine rings is 2. The van der Waals surface area contributed by atoms with Crippen LogP contribution in [0.15, 0.2) is 29.2 Å². The summed E-state index contributed by atoms with van der Waals surface area (Å²) in [6.45, 7) is 1.80. The van der Waals surface area contributed by atoms with Crippen molar-refractivity contribution >= 4 is 39.6 Å². The van der Waals surface area contributed by atoms with Gasteiger partial charge >= 0.3 is 0 Å². The number of aromatic nitrogens is 2. The summed E-state index contributed by atoms with van der Waals surface area (Å²) in [6.07, 6.45) is 2.37. The fraction of sp³-hybridized carbons (Fsp3) is 0.133. The third-order valence-electron chi connectivity index (χ3n) is 3.55. The average Bonchev–Trinajstić information content (AvgIpc) is 2.44. The Bertz CT molecular complexity index is 929. The maximum Gasteiger partial charge on any atom is 0.260 e. The molecule has 2 aromatic heterocycles. The second kappa shape index (κ2) is 4.42. The third-order valence-corrected chi connectivity index (χ3v) is 3.88. The molecule has 5 heteroatoms. The van der Waals surface area contributed by atoms with Gasteiger partial charge in [0.25, 0.3) is 5.56 Å². The fourth-order valence-electron chi connectivity index (χ4n) is 2.50. The minimum atomic E-state index is -0.118. The molecule has 0 aliphatic heterocycles. The molecule has 0 unspecified atom stereocenters. The van der Waals surface area contributed by atoms with Crippen LogP contribution >= 0.6 is 11.6 Å². The van der Waals surface area contributed by atoms with Crippen molar-refractivity contribution in [2.45, 2.75) is 6.92 Å². The lowest BCUT2D eigenvalue weighted by Gasteiger charge is -2.11. The van der Waals surface area contributed by atoms with E-state index in [1.165, 1.54) is 4.57 Å². The smallest absolute Gasteiger partial charge is 0.260 e. The molecule has 3 aromatic rings. The first-order valence-electron chi connectivity index (χ1n) is 6.07. The van der Waals surface area contributed by atoms with Crippen LogP contribution in [0.4, 0.5) is 0 Å². The molecule has 0 bridgehead atoms. The highest BCUT2D eigenvalue weighted by atomic mass is 35.5. The number of carbonyl (C=O) groups is 1. The topological polar surface area (TPSA) is 52.0 Å². The number of carbonyl (C=O) groups excluding carboxylic acids is 1. The predicted molar refractivity (Wildman–Crippen MR) is 79.6 cm³/mol. The Labute approximate surface area is 119 Å². The number of nitrogens with zero attached hydrogens (tertiary/aromatic N) is 2. The molecule has 0 spiro atoms. The van der Waals surface area contributed by atoms with Crippen LogP contribution in [0.1, 0.15) is 16.1 Å². The summed E-state index contributed by atoms with van der Waals surface area (Å²) in [4.78, 5) is 27.7. The van der Waals surface area contributed by atoms with Gasteiger partial charge in [-0.3, -0.25) is 14.6 Å².